The molecule has 7 nitrogen and oxygen atoms in total. The van der Waals surface area contributed by atoms with E-state index in [2.05, 4.69) is 4.98 Å². The summed E-state index contributed by atoms with van der Waals surface area (Å²) in [5.74, 6) is -0.505. The van der Waals surface area contributed by atoms with Gasteiger partial charge in [0, 0.05) is 19.6 Å². The lowest BCUT2D eigenvalue weighted by Gasteiger charge is -2.31. The van der Waals surface area contributed by atoms with Crippen LogP contribution in [-0.4, -0.2) is 45.1 Å². The molecule has 0 spiro atoms. The van der Waals surface area contributed by atoms with E-state index in [0.29, 0.717) is 35.7 Å². The highest BCUT2D eigenvalue weighted by atomic mass is 32.2. The first-order valence-corrected chi connectivity index (χ1v) is 10.2. The molecular weight excluding hydrogens is 364 g/mol. The van der Waals surface area contributed by atoms with E-state index < -0.39 is 0 Å². The molecule has 2 heterocycles. The molecule has 1 aliphatic rings. The van der Waals surface area contributed by atoms with Gasteiger partial charge in [-0.1, -0.05) is 30.8 Å². The van der Waals surface area contributed by atoms with E-state index >= 15 is 0 Å². The molecule has 0 aliphatic carbocycles. The summed E-state index contributed by atoms with van der Waals surface area (Å²) in [6.45, 7) is 3.57. The summed E-state index contributed by atoms with van der Waals surface area (Å²) in [5, 5.41) is 1.14. The number of nitrogens with two attached hydrogens (primary N) is 1. The van der Waals surface area contributed by atoms with Crippen molar-refractivity contribution >= 4 is 34.5 Å². The van der Waals surface area contributed by atoms with Gasteiger partial charge >= 0.3 is 0 Å². The lowest BCUT2D eigenvalue weighted by atomic mass is 9.97. The number of hydrogen-bond donors (Lipinski definition) is 1. The highest BCUT2D eigenvalue weighted by Crippen LogP contribution is 2.21. The third-order valence-corrected chi connectivity index (χ3v) is 5.74. The maximum atomic E-state index is 12.8. The van der Waals surface area contributed by atoms with Gasteiger partial charge in [0.25, 0.3) is 5.56 Å². The highest BCUT2D eigenvalue weighted by molar-refractivity contribution is 7.99. The minimum absolute atomic E-state index is 0.0589. The SMILES string of the molecule is CCCn1c(SCC(=O)N2CCC[C@H](C(N)=O)C2)nc2ccccc2c1=O. The normalized spacial score (nSPS) is 17.2. The van der Waals surface area contributed by atoms with E-state index in [-0.39, 0.29) is 29.0 Å². The van der Waals surface area contributed by atoms with Crippen molar-refractivity contribution in [2.24, 2.45) is 11.7 Å². The second kappa shape index (κ2) is 8.56. The van der Waals surface area contributed by atoms with E-state index in [1.807, 2.05) is 19.1 Å². The van der Waals surface area contributed by atoms with Crippen LogP contribution in [0.5, 0.6) is 0 Å². The Kier molecular flexibility index (Phi) is 6.15. The Morgan fingerprint density at radius 2 is 2.11 bits per heavy atom. The minimum atomic E-state index is -0.354. The van der Waals surface area contributed by atoms with Crippen LogP contribution in [0.15, 0.2) is 34.2 Å². The fraction of sp³-hybridized carbons (Fsp3) is 0.474. The molecule has 1 aromatic carbocycles. The van der Waals surface area contributed by atoms with Gasteiger partial charge in [0.2, 0.25) is 11.8 Å². The van der Waals surface area contributed by atoms with Gasteiger partial charge in [-0.3, -0.25) is 19.0 Å². The van der Waals surface area contributed by atoms with E-state index in [1.165, 1.54) is 11.8 Å². The molecule has 1 fully saturated rings. The number of nitrogens with zero attached hydrogens (tertiary/aromatic N) is 3. The number of rotatable bonds is 6. The molecule has 0 saturated carbocycles. The Labute approximate surface area is 161 Å². The Morgan fingerprint density at radius 3 is 2.85 bits per heavy atom. The van der Waals surface area contributed by atoms with Crippen LogP contribution in [0, 0.1) is 5.92 Å². The second-order valence-electron chi connectivity index (χ2n) is 6.74. The van der Waals surface area contributed by atoms with Gasteiger partial charge < -0.3 is 10.6 Å². The third kappa shape index (κ3) is 4.32. The van der Waals surface area contributed by atoms with E-state index in [4.69, 9.17) is 5.73 Å². The molecule has 1 aromatic heterocycles. The predicted octanol–water partition coefficient (Wildman–Crippen LogP) is 1.62. The van der Waals surface area contributed by atoms with E-state index in [9.17, 15) is 14.4 Å². The zero-order valence-corrected chi connectivity index (χ0v) is 16.2. The molecule has 8 heteroatoms. The summed E-state index contributed by atoms with van der Waals surface area (Å²) < 4.78 is 1.64. The predicted molar refractivity (Wildman–Crippen MR) is 106 cm³/mol. The van der Waals surface area contributed by atoms with Crippen molar-refractivity contribution in [2.75, 3.05) is 18.8 Å². The molecule has 1 atom stereocenters. The van der Waals surface area contributed by atoms with Crippen molar-refractivity contribution in [1.82, 2.24) is 14.5 Å². The van der Waals surface area contributed by atoms with Crippen LogP contribution in [0.3, 0.4) is 0 Å². The zero-order chi connectivity index (χ0) is 19.4. The van der Waals surface area contributed by atoms with Crippen LogP contribution in [0.4, 0.5) is 0 Å². The van der Waals surface area contributed by atoms with Crippen molar-refractivity contribution in [1.29, 1.82) is 0 Å². The molecule has 2 aromatic rings. The van der Waals surface area contributed by atoms with Crippen molar-refractivity contribution < 1.29 is 9.59 Å². The topological polar surface area (TPSA) is 98.3 Å². The van der Waals surface area contributed by atoms with Crippen molar-refractivity contribution in [3.63, 3.8) is 0 Å². The second-order valence-corrected chi connectivity index (χ2v) is 7.68. The number of para-hydroxylation sites is 1. The molecule has 3 rings (SSSR count). The summed E-state index contributed by atoms with van der Waals surface area (Å²) in [7, 11) is 0. The summed E-state index contributed by atoms with van der Waals surface area (Å²) in [5.41, 5.74) is 5.94. The Balaban J connectivity index is 1.78. The molecule has 144 valence electrons. The first kappa shape index (κ1) is 19.4. The quantitative estimate of drug-likeness (QED) is 0.599. The number of thioether (sulfide) groups is 1. The van der Waals surface area contributed by atoms with Gasteiger partial charge in [0.05, 0.1) is 22.6 Å². The lowest BCUT2D eigenvalue weighted by Crippen LogP contribution is -2.44. The standard InChI is InChI=1S/C19H24N4O3S/c1-2-9-23-18(26)14-7-3-4-8-15(14)21-19(23)27-12-16(24)22-10-5-6-13(11-22)17(20)25/h3-4,7-8,13H,2,5-6,9-12H2,1H3,(H2,20,25)/t13-/m0/s1. The number of hydrogen-bond acceptors (Lipinski definition) is 5. The molecule has 2 N–H and O–H groups in total. The van der Waals surface area contributed by atoms with Gasteiger partial charge in [0.15, 0.2) is 5.16 Å². The van der Waals surface area contributed by atoms with Crippen LogP contribution in [0.1, 0.15) is 26.2 Å². The summed E-state index contributed by atoms with van der Waals surface area (Å²) >= 11 is 1.27. The maximum absolute atomic E-state index is 12.8. The van der Waals surface area contributed by atoms with Crippen LogP contribution in [0.2, 0.25) is 0 Å². The van der Waals surface area contributed by atoms with Crippen LogP contribution in [-0.2, 0) is 16.1 Å². The van der Waals surface area contributed by atoms with Crippen molar-refractivity contribution in [3.05, 3.63) is 34.6 Å². The Bertz CT molecular complexity index is 911. The first-order valence-electron chi connectivity index (χ1n) is 9.20. The average molecular weight is 388 g/mol. The molecule has 0 unspecified atom stereocenters. The molecule has 2 amide bonds. The highest BCUT2D eigenvalue weighted by Gasteiger charge is 2.27. The monoisotopic (exact) mass is 388 g/mol. The maximum Gasteiger partial charge on any atom is 0.262 e. The van der Waals surface area contributed by atoms with Crippen LogP contribution < -0.4 is 11.3 Å². The number of fused-ring (bicyclic) bond motifs is 1. The fourth-order valence-electron chi connectivity index (χ4n) is 3.33. The zero-order valence-electron chi connectivity index (χ0n) is 15.4. The number of primary amides is 1. The fourth-order valence-corrected chi connectivity index (χ4v) is 4.26. The molecule has 27 heavy (non-hydrogen) atoms. The van der Waals surface area contributed by atoms with Gasteiger partial charge in [0.1, 0.15) is 0 Å². The molecule has 1 saturated heterocycles. The Hall–Kier alpha value is -2.35. The third-order valence-electron chi connectivity index (χ3n) is 4.78. The van der Waals surface area contributed by atoms with E-state index in [0.717, 1.165) is 19.3 Å². The molecule has 0 bridgehead atoms. The van der Waals surface area contributed by atoms with Gasteiger partial charge in [-0.25, -0.2) is 4.98 Å². The van der Waals surface area contributed by atoms with Gasteiger partial charge in [-0.15, -0.1) is 0 Å². The number of benzene rings is 1. The van der Waals surface area contributed by atoms with Crippen molar-refractivity contribution in [2.45, 2.75) is 37.9 Å². The number of amides is 2. The Morgan fingerprint density at radius 1 is 1.33 bits per heavy atom. The number of aromatic nitrogens is 2. The summed E-state index contributed by atoms with van der Waals surface area (Å²) in [6, 6.07) is 7.24. The molecule has 1 aliphatic heterocycles. The van der Waals surface area contributed by atoms with Gasteiger partial charge in [-0.2, -0.15) is 0 Å². The summed E-state index contributed by atoms with van der Waals surface area (Å²) in [6.07, 6.45) is 2.31. The van der Waals surface area contributed by atoms with Crippen molar-refractivity contribution in [3.8, 4) is 0 Å². The van der Waals surface area contributed by atoms with Crippen LogP contribution in [0.25, 0.3) is 10.9 Å². The van der Waals surface area contributed by atoms with Crippen LogP contribution >= 0.6 is 11.8 Å². The number of carbonyl (C=O) groups excluding carboxylic acids is 2. The summed E-state index contributed by atoms with van der Waals surface area (Å²) in [4.78, 5) is 43.1. The smallest absolute Gasteiger partial charge is 0.262 e. The average Bonchev–Trinajstić information content (AvgIpc) is 2.68. The lowest BCUT2D eigenvalue weighted by molar-refractivity contribution is -0.132. The van der Waals surface area contributed by atoms with E-state index in [1.54, 1.807) is 21.6 Å². The largest absolute Gasteiger partial charge is 0.369 e. The minimum Gasteiger partial charge on any atom is -0.369 e. The first-order chi connectivity index (χ1) is 13.0. The molecular formula is C19H24N4O3S. The number of carbonyl (C=O) groups is 2. The number of piperidine rings is 1. The van der Waals surface area contributed by atoms with Gasteiger partial charge in [-0.05, 0) is 31.4 Å². The number of likely N-dealkylation sites (tertiary alicyclic amines) is 1. The molecule has 0 radical (unpaired) electrons.